The molecule has 1 unspecified atom stereocenters. The molecule has 1 saturated carbocycles. The zero-order valence-electron chi connectivity index (χ0n) is 12.5. The Kier molecular flexibility index (Phi) is 4.66. The molecule has 118 valence electrons. The molecule has 0 bridgehead atoms. The summed E-state index contributed by atoms with van der Waals surface area (Å²) < 4.78 is 27.8. The molecule has 3 rings (SSSR count). The fourth-order valence-corrected chi connectivity index (χ4v) is 7.02. The molecule has 21 heavy (non-hydrogen) atoms. The van der Waals surface area contributed by atoms with Crippen LogP contribution in [-0.2, 0) is 16.6 Å². The van der Waals surface area contributed by atoms with E-state index in [4.69, 9.17) is 0 Å². The Morgan fingerprint density at radius 3 is 2.86 bits per heavy atom. The van der Waals surface area contributed by atoms with Gasteiger partial charge in [0.2, 0.25) is 0 Å². The van der Waals surface area contributed by atoms with E-state index in [1.54, 1.807) is 4.31 Å². The number of rotatable bonds is 5. The zero-order valence-corrected chi connectivity index (χ0v) is 14.9. The monoisotopic (exact) mass is 346 g/mol. The van der Waals surface area contributed by atoms with Gasteiger partial charge in [0.1, 0.15) is 4.21 Å². The lowest BCUT2D eigenvalue weighted by molar-refractivity contribution is 0.368. The number of aryl methyl sites for hydroxylation is 1. The Labute approximate surface area is 135 Å². The maximum atomic E-state index is 12.8. The highest BCUT2D eigenvalue weighted by Crippen LogP contribution is 2.32. The molecule has 7 heteroatoms. The molecule has 0 spiro atoms. The quantitative estimate of drug-likeness (QED) is 0.890. The molecule has 1 saturated heterocycles. The first-order valence-electron chi connectivity index (χ1n) is 7.41. The van der Waals surface area contributed by atoms with E-state index in [0.29, 0.717) is 16.8 Å². The molecule has 0 radical (unpaired) electrons. The fourth-order valence-electron chi connectivity index (χ4n) is 2.50. The topological polar surface area (TPSA) is 49.4 Å². The lowest BCUT2D eigenvalue weighted by Gasteiger charge is -2.31. The van der Waals surface area contributed by atoms with E-state index in [1.165, 1.54) is 24.2 Å². The van der Waals surface area contributed by atoms with Crippen molar-refractivity contribution in [1.82, 2.24) is 9.62 Å². The third-order valence-corrected chi connectivity index (χ3v) is 8.89. The molecule has 1 N–H and O–H groups in total. The Morgan fingerprint density at radius 1 is 1.43 bits per heavy atom. The first kappa shape index (κ1) is 15.8. The second-order valence-corrected chi connectivity index (χ2v) is 10.3. The highest BCUT2D eigenvalue weighted by atomic mass is 32.2. The first-order valence-corrected chi connectivity index (χ1v) is 10.8. The van der Waals surface area contributed by atoms with Crippen LogP contribution in [0.15, 0.2) is 10.3 Å². The number of hydrogen-bond acceptors (Lipinski definition) is 5. The SMILES string of the molecule is Cc1cc(S(=O)(=O)N2CCSCC2C)sc1CNC1CC1. The second kappa shape index (κ2) is 6.20. The molecular weight excluding hydrogens is 324 g/mol. The van der Waals surface area contributed by atoms with Crippen molar-refractivity contribution >= 4 is 33.1 Å². The molecule has 1 aliphatic carbocycles. The maximum absolute atomic E-state index is 12.8. The molecule has 2 aliphatic rings. The van der Waals surface area contributed by atoms with Crippen molar-refractivity contribution in [3.63, 3.8) is 0 Å². The highest BCUT2D eigenvalue weighted by Gasteiger charge is 2.33. The van der Waals surface area contributed by atoms with Gasteiger partial charge >= 0.3 is 0 Å². The molecule has 1 atom stereocenters. The summed E-state index contributed by atoms with van der Waals surface area (Å²) in [6, 6.07) is 2.58. The van der Waals surface area contributed by atoms with Crippen LogP contribution in [0.2, 0.25) is 0 Å². The van der Waals surface area contributed by atoms with Crippen LogP contribution in [0.4, 0.5) is 0 Å². The van der Waals surface area contributed by atoms with Crippen LogP contribution in [-0.4, -0.2) is 42.9 Å². The standard InChI is InChI=1S/C14H22N2O2S3/c1-10-7-14(20-13(10)8-15-12-3-4-12)21(17,18)16-5-6-19-9-11(16)2/h7,11-12,15H,3-6,8-9H2,1-2H3. The average molecular weight is 347 g/mol. The molecule has 0 amide bonds. The van der Waals surface area contributed by atoms with Gasteiger partial charge in [0, 0.05) is 41.6 Å². The summed E-state index contributed by atoms with van der Waals surface area (Å²) in [5.41, 5.74) is 1.09. The van der Waals surface area contributed by atoms with Gasteiger partial charge < -0.3 is 5.32 Å². The summed E-state index contributed by atoms with van der Waals surface area (Å²) >= 11 is 3.26. The van der Waals surface area contributed by atoms with Crippen LogP contribution in [0.25, 0.3) is 0 Å². The van der Waals surface area contributed by atoms with Crippen molar-refractivity contribution in [2.24, 2.45) is 0 Å². The fraction of sp³-hybridized carbons (Fsp3) is 0.714. The summed E-state index contributed by atoms with van der Waals surface area (Å²) in [4.78, 5) is 1.15. The molecule has 2 heterocycles. The molecule has 1 aliphatic heterocycles. The van der Waals surface area contributed by atoms with Crippen molar-refractivity contribution in [3.8, 4) is 0 Å². The molecule has 1 aromatic rings. The minimum Gasteiger partial charge on any atom is -0.309 e. The van der Waals surface area contributed by atoms with Crippen LogP contribution in [0.5, 0.6) is 0 Å². The van der Waals surface area contributed by atoms with Crippen LogP contribution < -0.4 is 5.32 Å². The van der Waals surface area contributed by atoms with Gasteiger partial charge in [0.15, 0.2) is 0 Å². The van der Waals surface area contributed by atoms with E-state index in [1.807, 2.05) is 31.7 Å². The van der Waals surface area contributed by atoms with Crippen LogP contribution in [0.3, 0.4) is 0 Å². The van der Waals surface area contributed by atoms with Gasteiger partial charge in [0.25, 0.3) is 10.0 Å². The zero-order chi connectivity index (χ0) is 15.0. The maximum Gasteiger partial charge on any atom is 0.252 e. The number of nitrogens with one attached hydrogen (secondary N) is 1. The Balaban J connectivity index is 1.79. The van der Waals surface area contributed by atoms with E-state index in [-0.39, 0.29) is 6.04 Å². The van der Waals surface area contributed by atoms with Gasteiger partial charge in [-0.2, -0.15) is 16.1 Å². The van der Waals surface area contributed by atoms with Crippen LogP contribution in [0, 0.1) is 6.92 Å². The Morgan fingerprint density at radius 2 is 2.19 bits per heavy atom. The lowest BCUT2D eigenvalue weighted by atomic mass is 10.3. The predicted octanol–water partition coefficient (Wildman–Crippen LogP) is 2.43. The van der Waals surface area contributed by atoms with E-state index in [0.717, 1.165) is 28.5 Å². The van der Waals surface area contributed by atoms with Crippen LogP contribution >= 0.6 is 23.1 Å². The second-order valence-electron chi connectivity index (χ2n) is 5.87. The van der Waals surface area contributed by atoms with Crippen molar-refractivity contribution in [2.75, 3.05) is 18.1 Å². The number of thioether (sulfide) groups is 1. The van der Waals surface area contributed by atoms with Gasteiger partial charge in [-0.05, 0) is 38.3 Å². The molecule has 1 aromatic heterocycles. The van der Waals surface area contributed by atoms with Gasteiger partial charge in [-0.15, -0.1) is 11.3 Å². The minimum absolute atomic E-state index is 0.0872. The number of thiophene rings is 1. The molecule has 0 aromatic carbocycles. The predicted molar refractivity (Wildman–Crippen MR) is 89.6 cm³/mol. The Hall–Kier alpha value is -0.0800. The van der Waals surface area contributed by atoms with Crippen molar-refractivity contribution < 1.29 is 8.42 Å². The van der Waals surface area contributed by atoms with Gasteiger partial charge in [-0.1, -0.05) is 0 Å². The first-order chi connectivity index (χ1) is 9.98. The number of hydrogen-bond donors (Lipinski definition) is 1. The van der Waals surface area contributed by atoms with Crippen molar-refractivity contribution in [3.05, 3.63) is 16.5 Å². The van der Waals surface area contributed by atoms with E-state index >= 15 is 0 Å². The lowest BCUT2D eigenvalue weighted by Crippen LogP contribution is -2.44. The molecule has 4 nitrogen and oxygen atoms in total. The van der Waals surface area contributed by atoms with Gasteiger partial charge in [-0.25, -0.2) is 8.42 Å². The van der Waals surface area contributed by atoms with E-state index in [9.17, 15) is 8.42 Å². The van der Waals surface area contributed by atoms with Crippen molar-refractivity contribution in [2.45, 2.75) is 49.5 Å². The summed E-state index contributed by atoms with van der Waals surface area (Å²) in [5.74, 6) is 1.78. The summed E-state index contributed by atoms with van der Waals surface area (Å²) in [6.45, 7) is 5.43. The summed E-state index contributed by atoms with van der Waals surface area (Å²) in [6.07, 6.45) is 2.50. The smallest absolute Gasteiger partial charge is 0.252 e. The van der Waals surface area contributed by atoms with Crippen molar-refractivity contribution in [1.29, 1.82) is 0 Å². The average Bonchev–Trinajstić information content (AvgIpc) is 3.19. The van der Waals surface area contributed by atoms with Gasteiger partial charge in [0.05, 0.1) is 0 Å². The van der Waals surface area contributed by atoms with E-state index in [2.05, 4.69) is 5.32 Å². The van der Waals surface area contributed by atoms with Crippen LogP contribution in [0.1, 0.15) is 30.2 Å². The number of sulfonamides is 1. The minimum atomic E-state index is -3.33. The summed E-state index contributed by atoms with van der Waals surface area (Å²) in [5, 5.41) is 3.47. The molecular formula is C14H22N2O2S3. The normalized spacial score (nSPS) is 24.4. The highest BCUT2D eigenvalue weighted by molar-refractivity contribution is 7.99. The Bertz CT molecular complexity index is 608. The molecule has 2 fully saturated rings. The number of nitrogens with zero attached hydrogens (tertiary/aromatic N) is 1. The largest absolute Gasteiger partial charge is 0.309 e. The third-order valence-electron chi connectivity index (χ3n) is 4.00. The summed E-state index contributed by atoms with van der Waals surface area (Å²) in [7, 11) is -3.33. The van der Waals surface area contributed by atoms with Gasteiger partial charge in [-0.3, -0.25) is 0 Å². The third kappa shape index (κ3) is 3.47. The van der Waals surface area contributed by atoms with E-state index < -0.39 is 10.0 Å².